The molecule has 4 rings (SSSR count). The summed E-state index contributed by atoms with van der Waals surface area (Å²) in [5.41, 5.74) is 3.28. The molecule has 0 spiro atoms. The molecule has 0 radical (unpaired) electrons. The summed E-state index contributed by atoms with van der Waals surface area (Å²) in [5.74, 6) is 1.39. The molecule has 2 aliphatic rings. The normalized spacial score (nSPS) is 19.8. The number of nitrogens with zero attached hydrogens (tertiary/aromatic N) is 2. The van der Waals surface area contributed by atoms with Gasteiger partial charge in [-0.05, 0) is 49.7 Å². The number of rotatable bonds is 5. The van der Waals surface area contributed by atoms with Gasteiger partial charge in [0.15, 0.2) is 5.69 Å². The van der Waals surface area contributed by atoms with Gasteiger partial charge < -0.3 is 9.42 Å². The molecule has 1 amide bonds. The predicted molar refractivity (Wildman–Crippen MR) is 92.1 cm³/mol. The summed E-state index contributed by atoms with van der Waals surface area (Å²) < 4.78 is 5.38. The summed E-state index contributed by atoms with van der Waals surface area (Å²) in [6, 6.07) is 10.7. The third kappa shape index (κ3) is 2.97. The van der Waals surface area contributed by atoms with E-state index in [4.69, 9.17) is 4.52 Å². The zero-order chi connectivity index (χ0) is 16.5. The molecule has 1 aromatic carbocycles. The molecule has 1 saturated carbocycles. The molecule has 2 aromatic rings. The minimum absolute atomic E-state index is 0.0249. The Bertz CT molecular complexity index is 733. The first-order valence-corrected chi connectivity index (χ1v) is 9.10. The van der Waals surface area contributed by atoms with E-state index in [1.54, 1.807) is 0 Å². The Balaban J connectivity index is 1.54. The van der Waals surface area contributed by atoms with Crippen LogP contribution in [0.5, 0.6) is 0 Å². The van der Waals surface area contributed by atoms with E-state index >= 15 is 0 Å². The van der Waals surface area contributed by atoms with Gasteiger partial charge in [-0.2, -0.15) is 0 Å². The molecule has 2 aliphatic carbocycles. The second-order valence-corrected chi connectivity index (χ2v) is 7.05. The molecule has 4 nitrogen and oxygen atoms in total. The smallest absolute Gasteiger partial charge is 0.276 e. The zero-order valence-corrected chi connectivity index (χ0v) is 14.2. The predicted octanol–water partition coefficient (Wildman–Crippen LogP) is 3.96. The van der Waals surface area contributed by atoms with Crippen molar-refractivity contribution in [2.75, 3.05) is 6.54 Å². The second kappa shape index (κ2) is 6.42. The second-order valence-electron chi connectivity index (χ2n) is 7.05. The zero-order valence-electron chi connectivity index (χ0n) is 14.2. The molecule has 4 heteroatoms. The van der Waals surface area contributed by atoms with Crippen LogP contribution in [-0.2, 0) is 12.8 Å². The Morgan fingerprint density at radius 3 is 2.79 bits per heavy atom. The van der Waals surface area contributed by atoms with Crippen LogP contribution in [0.3, 0.4) is 0 Å². The Kier molecular flexibility index (Phi) is 4.13. The summed E-state index contributed by atoms with van der Waals surface area (Å²) in [6.45, 7) is 2.90. The van der Waals surface area contributed by atoms with E-state index in [9.17, 15) is 4.79 Å². The first-order chi connectivity index (χ1) is 11.8. The quantitative estimate of drug-likeness (QED) is 0.836. The van der Waals surface area contributed by atoms with Crippen LogP contribution < -0.4 is 0 Å². The molecule has 0 bridgehead atoms. The lowest BCUT2D eigenvalue weighted by molar-refractivity contribution is 0.0651. The van der Waals surface area contributed by atoms with Crippen molar-refractivity contribution in [2.45, 2.75) is 57.4 Å². The standard InChI is InChI=1S/C20H24N2O2/c1-2-11-22(17-10-9-14-5-3-4-6-16(14)12-17)20(23)18-13-19(24-21-18)15-7-8-15/h3-6,13,15,17H,2,7-12H2,1H3. The SMILES string of the molecule is CCCN(C(=O)c1cc(C2CC2)on1)C1CCc2ccccc2C1. The van der Waals surface area contributed by atoms with Gasteiger partial charge in [0.05, 0.1) is 0 Å². The van der Waals surface area contributed by atoms with E-state index in [1.807, 2.05) is 11.0 Å². The van der Waals surface area contributed by atoms with Crippen LogP contribution in [0.25, 0.3) is 0 Å². The Morgan fingerprint density at radius 1 is 1.25 bits per heavy atom. The summed E-state index contributed by atoms with van der Waals surface area (Å²) in [7, 11) is 0. The van der Waals surface area contributed by atoms with E-state index in [1.165, 1.54) is 11.1 Å². The van der Waals surface area contributed by atoms with Crippen molar-refractivity contribution in [1.82, 2.24) is 10.1 Å². The molecular weight excluding hydrogens is 300 g/mol. The Morgan fingerprint density at radius 2 is 2.04 bits per heavy atom. The molecule has 1 aromatic heterocycles. The fourth-order valence-corrected chi connectivity index (χ4v) is 3.73. The topological polar surface area (TPSA) is 46.3 Å². The van der Waals surface area contributed by atoms with E-state index in [-0.39, 0.29) is 11.9 Å². The maximum absolute atomic E-state index is 13.0. The van der Waals surface area contributed by atoms with Gasteiger partial charge in [0.2, 0.25) is 0 Å². The fraction of sp³-hybridized carbons (Fsp3) is 0.500. The highest BCUT2D eigenvalue weighted by atomic mass is 16.5. The molecule has 1 unspecified atom stereocenters. The van der Waals surface area contributed by atoms with Crippen LogP contribution in [0.1, 0.15) is 65.9 Å². The molecule has 1 heterocycles. The summed E-state index contributed by atoms with van der Waals surface area (Å²) in [4.78, 5) is 15.0. The van der Waals surface area contributed by atoms with Crippen LogP contribution in [0.2, 0.25) is 0 Å². The monoisotopic (exact) mass is 324 g/mol. The van der Waals surface area contributed by atoms with Crippen molar-refractivity contribution in [1.29, 1.82) is 0 Å². The molecule has 0 saturated heterocycles. The van der Waals surface area contributed by atoms with Crippen LogP contribution in [0.15, 0.2) is 34.9 Å². The lowest BCUT2D eigenvalue weighted by atomic mass is 9.87. The van der Waals surface area contributed by atoms with Crippen molar-refractivity contribution in [2.24, 2.45) is 0 Å². The number of carbonyl (C=O) groups excluding carboxylic acids is 1. The van der Waals surface area contributed by atoms with Gasteiger partial charge >= 0.3 is 0 Å². The minimum Gasteiger partial charge on any atom is -0.360 e. The van der Waals surface area contributed by atoms with Crippen molar-refractivity contribution in [3.05, 3.63) is 52.9 Å². The number of hydrogen-bond donors (Lipinski definition) is 0. The summed E-state index contributed by atoms with van der Waals surface area (Å²) >= 11 is 0. The van der Waals surface area contributed by atoms with Crippen molar-refractivity contribution in [3.63, 3.8) is 0 Å². The fourth-order valence-electron chi connectivity index (χ4n) is 3.73. The first kappa shape index (κ1) is 15.4. The van der Waals surface area contributed by atoms with Crippen molar-refractivity contribution < 1.29 is 9.32 Å². The molecule has 126 valence electrons. The molecule has 0 aliphatic heterocycles. The average molecular weight is 324 g/mol. The van der Waals surface area contributed by atoms with E-state index < -0.39 is 0 Å². The lowest BCUT2D eigenvalue weighted by Crippen LogP contribution is -2.44. The number of carbonyl (C=O) groups is 1. The van der Waals surface area contributed by atoms with Crippen LogP contribution in [0.4, 0.5) is 0 Å². The number of hydrogen-bond acceptors (Lipinski definition) is 3. The largest absolute Gasteiger partial charge is 0.360 e. The maximum Gasteiger partial charge on any atom is 0.276 e. The number of benzene rings is 1. The van der Waals surface area contributed by atoms with Crippen molar-refractivity contribution in [3.8, 4) is 0 Å². The third-order valence-corrected chi connectivity index (χ3v) is 5.21. The van der Waals surface area contributed by atoms with Gasteiger partial charge in [0.25, 0.3) is 5.91 Å². The first-order valence-electron chi connectivity index (χ1n) is 9.10. The van der Waals surface area contributed by atoms with Crippen LogP contribution in [0, 0.1) is 0 Å². The molecular formula is C20H24N2O2. The van der Waals surface area contributed by atoms with E-state index in [2.05, 4.69) is 36.3 Å². The van der Waals surface area contributed by atoms with Gasteiger partial charge in [-0.25, -0.2) is 0 Å². The number of amides is 1. The highest BCUT2D eigenvalue weighted by Gasteiger charge is 2.32. The Hall–Kier alpha value is -2.10. The van der Waals surface area contributed by atoms with Crippen molar-refractivity contribution >= 4 is 5.91 Å². The molecule has 1 atom stereocenters. The minimum atomic E-state index is 0.0249. The van der Waals surface area contributed by atoms with Crippen LogP contribution >= 0.6 is 0 Å². The van der Waals surface area contributed by atoms with Crippen LogP contribution in [-0.4, -0.2) is 28.6 Å². The highest BCUT2D eigenvalue weighted by Crippen LogP contribution is 2.40. The number of fused-ring (bicyclic) bond motifs is 1. The third-order valence-electron chi connectivity index (χ3n) is 5.21. The van der Waals surface area contributed by atoms with Gasteiger partial charge in [-0.3, -0.25) is 4.79 Å². The lowest BCUT2D eigenvalue weighted by Gasteiger charge is -2.34. The summed E-state index contributed by atoms with van der Waals surface area (Å²) in [5, 5.41) is 4.05. The summed E-state index contributed by atoms with van der Waals surface area (Å²) in [6.07, 6.45) is 6.27. The number of aromatic nitrogens is 1. The van der Waals surface area contributed by atoms with Gasteiger partial charge in [-0.1, -0.05) is 36.3 Å². The molecule has 24 heavy (non-hydrogen) atoms. The molecule has 0 N–H and O–H groups in total. The van der Waals surface area contributed by atoms with E-state index in [0.29, 0.717) is 11.6 Å². The Labute approximate surface area is 142 Å². The maximum atomic E-state index is 13.0. The highest BCUT2D eigenvalue weighted by molar-refractivity contribution is 5.92. The molecule has 1 fully saturated rings. The average Bonchev–Trinajstić information content (AvgIpc) is 3.35. The van der Waals surface area contributed by atoms with Gasteiger partial charge in [0.1, 0.15) is 5.76 Å². The van der Waals surface area contributed by atoms with E-state index in [0.717, 1.165) is 50.8 Å². The number of aryl methyl sites for hydroxylation is 1. The van der Waals surface area contributed by atoms with Gasteiger partial charge in [0, 0.05) is 24.6 Å². The van der Waals surface area contributed by atoms with Gasteiger partial charge in [-0.15, -0.1) is 0 Å².